The first kappa shape index (κ1) is 14.7. The average Bonchev–Trinajstić information content (AvgIpc) is 2.89. The summed E-state index contributed by atoms with van der Waals surface area (Å²) in [6.45, 7) is 1.46. The Morgan fingerprint density at radius 3 is 3.05 bits per heavy atom. The zero-order valence-corrected chi connectivity index (χ0v) is 13.3. The van der Waals surface area contributed by atoms with Crippen LogP contribution in [-0.2, 0) is 4.74 Å². The van der Waals surface area contributed by atoms with Crippen LogP contribution in [0.4, 0.5) is 0 Å². The monoisotopic (exact) mass is 390 g/mol. The molecule has 1 fully saturated rings. The van der Waals surface area contributed by atoms with Crippen LogP contribution in [0.2, 0.25) is 0 Å². The zero-order valence-electron chi connectivity index (χ0n) is 10.3. The van der Waals surface area contributed by atoms with Gasteiger partial charge in [0, 0.05) is 22.3 Å². The molecule has 6 heteroatoms. The van der Waals surface area contributed by atoms with Crippen LogP contribution in [0.1, 0.15) is 23.2 Å². The van der Waals surface area contributed by atoms with Gasteiger partial charge in [0.05, 0.1) is 6.10 Å². The van der Waals surface area contributed by atoms with E-state index in [1.165, 1.54) is 0 Å². The molecule has 0 aliphatic carbocycles. The highest BCUT2D eigenvalue weighted by Gasteiger charge is 2.16. The van der Waals surface area contributed by atoms with Crippen molar-refractivity contribution in [1.82, 2.24) is 10.6 Å². The van der Waals surface area contributed by atoms with Crippen molar-refractivity contribution in [2.24, 2.45) is 0 Å². The van der Waals surface area contributed by atoms with Crippen LogP contribution in [0.3, 0.4) is 0 Å². The van der Waals surface area contributed by atoms with Gasteiger partial charge in [-0.05, 0) is 65.8 Å². The Balaban J connectivity index is 1.79. The molecule has 1 unspecified atom stereocenters. The van der Waals surface area contributed by atoms with Crippen LogP contribution in [0.15, 0.2) is 24.3 Å². The minimum atomic E-state index is -0.191. The van der Waals surface area contributed by atoms with Gasteiger partial charge in [0.1, 0.15) is 0 Å². The summed E-state index contributed by atoms with van der Waals surface area (Å²) >= 11 is 7.27. The van der Waals surface area contributed by atoms with E-state index in [4.69, 9.17) is 17.0 Å². The van der Waals surface area contributed by atoms with Gasteiger partial charge in [-0.1, -0.05) is 6.07 Å². The van der Waals surface area contributed by atoms with Crippen molar-refractivity contribution in [3.8, 4) is 0 Å². The van der Waals surface area contributed by atoms with Crippen LogP contribution in [0.25, 0.3) is 0 Å². The van der Waals surface area contributed by atoms with E-state index in [1.54, 1.807) is 6.07 Å². The summed E-state index contributed by atoms with van der Waals surface area (Å²) in [7, 11) is 0. The molecule has 2 N–H and O–H groups in total. The van der Waals surface area contributed by atoms with E-state index < -0.39 is 0 Å². The number of carbonyl (C=O) groups excluding carboxylic acids is 1. The van der Waals surface area contributed by atoms with Crippen LogP contribution < -0.4 is 10.6 Å². The lowest BCUT2D eigenvalue weighted by molar-refractivity contribution is 0.0973. The molecule has 1 aromatic carbocycles. The Bertz CT molecular complexity index is 475. The van der Waals surface area contributed by atoms with Crippen molar-refractivity contribution in [3.63, 3.8) is 0 Å². The maximum atomic E-state index is 11.9. The van der Waals surface area contributed by atoms with E-state index >= 15 is 0 Å². The third-order valence-corrected chi connectivity index (χ3v) is 3.75. The first-order valence-electron chi connectivity index (χ1n) is 6.11. The lowest BCUT2D eigenvalue weighted by Gasteiger charge is -2.13. The molecule has 4 nitrogen and oxygen atoms in total. The number of rotatable bonds is 3. The number of hydrogen-bond donors (Lipinski definition) is 2. The predicted molar refractivity (Wildman–Crippen MR) is 86.2 cm³/mol. The SMILES string of the molecule is O=C(NC(=S)NCC1CCCO1)c1cccc(I)c1. The molecule has 0 saturated carbocycles. The third-order valence-electron chi connectivity index (χ3n) is 2.83. The van der Waals surface area contributed by atoms with Gasteiger partial charge in [0.15, 0.2) is 5.11 Å². The summed E-state index contributed by atoms with van der Waals surface area (Å²) in [6.07, 6.45) is 2.33. The smallest absolute Gasteiger partial charge is 0.257 e. The Labute approximate surface area is 131 Å². The Hall–Kier alpha value is -0.730. The first-order chi connectivity index (χ1) is 9.15. The average molecular weight is 390 g/mol. The number of carbonyl (C=O) groups is 1. The second-order valence-electron chi connectivity index (χ2n) is 4.31. The largest absolute Gasteiger partial charge is 0.376 e. The molecule has 2 rings (SSSR count). The topological polar surface area (TPSA) is 50.4 Å². The number of amides is 1. The third kappa shape index (κ3) is 4.70. The molecular formula is C13H15IN2O2S. The molecule has 0 bridgehead atoms. The maximum Gasteiger partial charge on any atom is 0.257 e. The summed E-state index contributed by atoms with van der Waals surface area (Å²) < 4.78 is 6.49. The second kappa shape index (κ2) is 7.16. The van der Waals surface area contributed by atoms with E-state index in [-0.39, 0.29) is 12.0 Å². The second-order valence-corrected chi connectivity index (χ2v) is 5.96. The molecule has 1 heterocycles. The van der Waals surface area contributed by atoms with Crippen molar-refractivity contribution in [2.75, 3.05) is 13.2 Å². The lowest BCUT2D eigenvalue weighted by Crippen LogP contribution is -2.42. The molecule has 1 atom stereocenters. The highest BCUT2D eigenvalue weighted by Crippen LogP contribution is 2.10. The molecule has 1 aliphatic heterocycles. The fourth-order valence-electron chi connectivity index (χ4n) is 1.86. The fourth-order valence-corrected chi connectivity index (χ4v) is 2.58. The Morgan fingerprint density at radius 2 is 2.37 bits per heavy atom. The van der Waals surface area contributed by atoms with E-state index in [0.29, 0.717) is 17.2 Å². The lowest BCUT2D eigenvalue weighted by atomic mass is 10.2. The molecule has 1 amide bonds. The van der Waals surface area contributed by atoms with Gasteiger partial charge >= 0.3 is 0 Å². The van der Waals surface area contributed by atoms with Gasteiger partial charge in [-0.25, -0.2) is 0 Å². The van der Waals surface area contributed by atoms with Crippen LogP contribution >= 0.6 is 34.8 Å². The minimum absolute atomic E-state index is 0.191. The van der Waals surface area contributed by atoms with E-state index in [9.17, 15) is 4.79 Å². The minimum Gasteiger partial charge on any atom is -0.376 e. The van der Waals surface area contributed by atoms with E-state index in [1.807, 2.05) is 18.2 Å². The van der Waals surface area contributed by atoms with Crippen molar-refractivity contribution >= 4 is 45.8 Å². The quantitative estimate of drug-likeness (QED) is 0.613. The van der Waals surface area contributed by atoms with Gasteiger partial charge in [0.2, 0.25) is 0 Å². The number of thiocarbonyl (C=S) groups is 1. The molecular weight excluding hydrogens is 375 g/mol. The standard InChI is InChI=1S/C13H15IN2O2S/c14-10-4-1-3-9(7-10)12(17)16-13(19)15-8-11-5-2-6-18-11/h1,3-4,7,11H,2,5-6,8H2,(H2,15,16,17,19). The number of halogens is 1. The molecule has 102 valence electrons. The van der Waals surface area contributed by atoms with Gasteiger partial charge in [0.25, 0.3) is 5.91 Å². The van der Waals surface area contributed by atoms with Gasteiger partial charge in [-0.15, -0.1) is 0 Å². The maximum absolute atomic E-state index is 11.9. The summed E-state index contributed by atoms with van der Waals surface area (Å²) in [4.78, 5) is 11.9. The number of benzene rings is 1. The predicted octanol–water partition coefficient (Wildman–Crippen LogP) is 2.07. The number of hydrogen-bond acceptors (Lipinski definition) is 3. The summed E-state index contributed by atoms with van der Waals surface area (Å²) in [5.74, 6) is -0.191. The molecule has 1 saturated heterocycles. The van der Waals surface area contributed by atoms with Gasteiger partial charge < -0.3 is 10.1 Å². The Kier molecular flexibility index (Phi) is 5.53. The molecule has 1 aliphatic rings. The zero-order chi connectivity index (χ0) is 13.7. The number of nitrogens with one attached hydrogen (secondary N) is 2. The molecule has 0 radical (unpaired) electrons. The first-order valence-corrected chi connectivity index (χ1v) is 7.60. The van der Waals surface area contributed by atoms with Crippen LogP contribution in [0.5, 0.6) is 0 Å². The molecule has 1 aromatic rings. The highest BCUT2D eigenvalue weighted by atomic mass is 127. The Morgan fingerprint density at radius 1 is 1.53 bits per heavy atom. The van der Waals surface area contributed by atoms with Crippen LogP contribution in [-0.4, -0.2) is 30.3 Å². The van der Waals surface area contributed by atoms with Crippen LogP contribution in [0, 0.1) is 3.57 Å². The highest BCUT2D eigenvalue weighted by molar-refractivity contribution is 14.1. The van der Waals surface area contributed by atoms with Crippen molar-refractivity contribution < 1.29 is 9.53 Å². The van der Waals surface area contributed by atoms with E-state index in [0.717, 1.165) is 23.0 Å². The summed E-state index contributed by atoms with van der Waals surface area (Å²) in [6, 6.07) is 7.36. The summed E-state index contributed by atoms with van der Waals surface area (Å²) in [5, 5.41) is 6.03. The molecule has 0 aromatic heterocycles. The molecule has 19 heavy (non-hydrogen) atoms. The fraction of sp³-hybridized carbons (Fsp3) is 0.385. The van der Waals surface area contributed by atoms with Gasteiger partial charge in [-0.3, -0.25) is 10.1 Å². The van der Waals surface area contributed by atoms with Crippen molar-refractivity contribution in [1.29, 1.82) is 0 Å². The number of ether oxygens (including phenoxy) is 1. The molecule has 0 spiro atoms. The normalized spacial score (nSPS) is 18.1. The van der Waals surface area contributed by atoms with Crippen molar-refractivity contribution in [2.45, 2.75) is 18.9 Å². The van der Waals surface area contributed by atoms with Crippen molar-refractivity contribution in [3.05, 3.63) is 33.4 Å². The summed E-state index contributed by atoms with van der Waals surface area (Å²) in [5.41, 5.74) is 0.605. The van der Waals surface area contributed by atoms with E-state index in [2.05, 4.69) is 33.2 Å². The van der Waals surface area contributed by atoms with Gasteiger partial charge in [-0.2, -0.15) is 0 Å².